The first kappa shape index (κ1) is 32.6. The van der Waals surface area contributed by atoms with E-state index in [1.54, 1.807) is 18.0 Å². The molecule has 0 spiro atoms. The minimum absolute atomic E-state index is 0.0656. The number of allylic oxidation sites excluding steroid dienone is 5. The molecule has 4 rings (SSSR count). The summed E-state index contributed by atoms with van der Waals surface area (Å²) in [6.07, 6.45) is 13.4. The lowest BCUT2D eigenvalue weighted by Gasteiger charge is -2.18. The zero-order valence-corrected chi connectivity index (χ0v) is 25.8. The maximum Gasteiger partial charge on any atom is 0.227 e. The van der Waals surface area contributed by atoms with Gasteiger partial charge in [-0.25, -0.2) is 10.5 Å². The Morgan fingerprint density at radius 1 is 0.953 bits per heavy atom. The largest absolute Gasteiger partial charge is 0.288 e. The van der Waals surface area contributed by atoms with Crippen LogP contribution in [0.15, 0.2) is 102 Å². The van der Waals surface area contributed by atoms with Crippen molar-refractivity contribution in [2.75, 3.05) is 17.2 Å². The summed E-state index contributed by atoms with van der Waals surface area (Å²) < 4.78 is 11.5. The van der Waals surface area contributed by atoms with E-state index in [4.69, 9.17) is 10.5 Å². The lowest BCUT2D eigenvalue weighted by atomic mass is 9.79. The summed E-state index contributed by atoms with van der Waals surface area (Å²) in [4.78, 5) is 14.6. The number of hydrogen-bond donors (Lipinski definition) is 2. The lowest BCUT2D eigenvalue weighted by Crippen LogP contribution is -2.28. The molecule has 1 aliphatic heterocycles. The second kappa shape index (κ2) is 16.0. The third-order valence-electron chi connectivity index (χ3n) is 7.11. The molecule has 9 nitrogen and oxygen atoms in total. The van der Waals surface area contributed by atoms with Crippen LogP contribution < -0.4 is 4.90 Å². The molecule has 0 unspecified atom stereocenters. The van der Waals surface area contributed by atoms with Crippen LogP contribution in [0.25, 0.3) is 10.8 Å². The standard InChI is InChI=1S/C32H34N2O7S2/c1-24(35)33(26-13-7-6-8-14-26)20-10-5-4-9-15-30-32(2,3)31-28-18-17-27(43-41-39-37)23-25(28)16-19-29(31)34(30)21-11-12-22-42-40-38-36/h4-10,13-20,23H,11-12,21-22H2,1-3H3,(H-,36,37)/p+1. The molecule has 0 aliphatic carbocycles. The number of unbranched alkanes of at least 4 members (excludes halogenated alkanes) is 1. The van der Waals surface area contributed by atoms with Crippen molar-refractivity contribution in [1.29, 1.82) is 0 Å². The summed E-state index contributed by atoms with van der Waals surface area (Å²) in [6, 6.07) is 19.8. The zero-order chi connectivity index (χ0) is 30.7. The van der Waals surface area contributed by atoms with Gasteiger partial charge < -0.3 is 0 Å². The Balaban J connectivity index is 1.60. The maximum atomic E-state index is 12.2. The summed E-state index contributed by atoms with van der Waals surface area (Å²) in [5.41, 5.74) is 4.06. The first-order chi connectivity index (χ1) is 20.9. The predicted molar refractivity (Wildman–Crippen MR) is 171 cm³/mol. The minimum atomic E-state index is -0.296. The molecule has 11 heteroatoms. The Bertz CT molecular complexity index is 1520. The number of anilines is 1. The normalized spacial score (nSPS) is 14.5. The monoisotopic (exact) mass is 623 g/mol. The third kappa shape index (κ3) is 8.22. The van der Waals surface area contributed by atoms with Gasteiger partial charge in [-0.15, -0.1) is 8.67 Å². The molecule has 0 saturated carbocycles. The summed E-state index contributed by atoms with van der Waals surface area (Å²) in [5.74, 6) is 0.618. The van der Waals surface area contributed by atoms with Gasteiger partial charge in [0.15, 0.2) is 5.71 Å². The molecule has 1 aliphatic rings. The van der Waals surface area contributed by atoms with Gasteiger partial charge in [-0.3, -0.25) is 9.69 Å². The Labute approximate surface area is 259 Å². The van der Waals surface area contributed by atoms with E-state index in [-0.39, 0.29) is 11.3 Å². The van der Waals surface area contributed by atoms with Gasteiger partial charge in [0.1, 0.15) is 6.54 Å². The summed E-state index contributed by atoms with van der Waals surface area (Å²) in [6.45, 7) is 6.80. The average molecular weight is 624 g/mol. The number of fused-ring (bicyclic) bond motifs is 3. The molecule has 0 bridgehead atoms. The van der Waals surface area contributed by atoms with Crippen molar-refractivity contribution in [1.82, 2.24) is 0 Å². The highest BCUT2D eigenvalue weighted by Crippen LogP contribution is 2.45. The molecule has 3 aromatic rings. The van der Waals surface area contributed by atoms with Crippen LogP contribution in [0.5, 0.6) is 0 Å². The van der Waals surface area contributed by atoms with Gasteiger partial charge in [0, 0.05) is 65.6 Å². The molecule has 3 aromatic carbocycles. The van der Waals surface area contributed by atoms with E-state index in [0.717, 1.165) is 76.2 Å². The molecule has 226 valence electrons. The highest BCUT2D eigenvalue weighted by molar-refractivity contribution is 7.94. The van der Waals surface area contributed by atoms with Gasteiger partial charge in [-0.05, 0) is 67.4 Å². The van der Waals surface area contributed by atoms with E-state index in [9.17, 15) is 4.79 Å². The minimum Gasteiger partial charge on any atom is -0.288 e. The molecule has 0 saturated heterocycles. The molecule has 0 fully saturated rings. The lowest BCUT2D eigenvalue weighted by molar-refractivity contribution is -0.438. The van der Waals surface area contributed by atoms with Crippen molar-refractivity contribution < 1.29 is 38.6 Å². The number of amides is 1. The van der Waals surface area contributed by atoms with Crippen LogP contribution in [-0.2, 0) is 29.0 Å². The summed E-state index contributed by atoms with van der Waals surface area (Å²) >= 11 is 2.00. The van der Waals surface area contributed by atoms with Crippen LogP contribution in [0.1, 0.15) is 39.2 Å². The highest BCUT2D eigenvalue weighted by atomic mass is 32.2. The summed E-state index contributed by atoms with van der Waals surface area (Å²) in [7, 11) is 0. The molecule has 2 N–H and O–H groups in total. The van der Waals surface area contributed by atoms with Crippen molar-refractivity contribution >= 4 is 57.9 Å². The first-order valence-electron chi connectivity index (χ1n) is 13.7. The van der Waals surface area contributed by atoms with Gasteiger partial charge >= 0.3 is 0 Å². The number of nitrogens with zero attached hydrogens (tertiary/aromatic N) is 2. The quantitative estimate of drug-likeness (QED) is 0.0433. The fraction of sp³-hybridized carbons (Fsp3) is 0.250. The molecular weight excluding hydrogens is 588 g/mol. The number of hydrogen-bond acceptors (Lipinski definition) is 9. The van der Waals surface area contributed by atoms with E-state index < -0.39 is 0 Å². The van der Waals surface area contributed by atoms with Crippen LogP contribution in [-0.4, -0.2) is 39.0 Å². The molecular formula is C32H35N2O7S2+. The van der Waals surface area contributed by atoms with Crippen LogP contribution in [0, 0.1) is 0 Å². The van der Waals surface area contributed by atoms with Gasteiger partial charge in [0.05, 0.1) is 17.5 Å². The number of para-hydroxylation sites is 1. The van der Waals surface area contributed by atoms with Crippen molar-refractivity contribution in [2.24, 2.45) is 0 Å². The van der Waals surface area contributed by atoms with E-state index in [0.29, 0.717) is 5.75 Å². The number of benzene rings is 3. The number of rotatable bonds is 15. The second-order valence-electron chi connectivity index (χ2n) is 10.2. The topological polar surface area (TPSA) is 101 Å². The molecule has 1 heterocycles. The van der Waals surface area contributed by atoms with E-state index >= 15 is 0 Å². The summed E-state index contributed by atoms with van der Waals surface area (Å²) in [5, 5.41) is 26.5. The Hall–Kier alpha value is -3.26. The molecule has 0 aromatic heterocycles. The van der Waals surface area contributed by atoms with Crippen LogP contribution in [0.2, 0.25) is 0 Å². The van der Waals surface area contributed by atoms with E-state index in [1.165, 1.54) is 5.56 Å². The number of carbonyl (C=O) groups excluding carboxylic acids is 1. The first-order valence-corrected chi connectivity index (χ1v) is 15.4. The predicted octanol–water partition coefficient (Wildman–Crippen LogP) is 8.17. The van der Waals surface area contributed by atoms with Gasteiger partial charge in [-0.2, -0.15) is 4.58 Å². The third-order valence-corrected chi connectivity index (χ3v) is 8.30. The number of carbonyl (C=O) groups is 1. The van der Waals surface area contributed by atoms with Gasteiger partial charge in [-0.1, -0.05) is 52.6 Å². The fourth-order valence-electron chi connectivity index (χ4n) is 5.28. The van der Waals surface area contributed by atoms with Crippen LogP contribution >= 0.6 is 24.1 Å². The molecule has 0 radical (unpaired) electrons. The maximum absolute atomic E-state index is 12.2. The smallest absolute Gasteiger partial charge is 0.227 e. The molecule has 1 amide bonds. The van der Waals surface area contributed by atoms with Crippen molar-refractivity contribution in [2.45, 2.75) is 43.9 Å². The Kier molecular flexibility index (Phi) is 12.1. The van der Waals surface area contributed by atoms with Crippen molar-refractivity contribution in [3.05, 3.63) is 103 Å². The second-order valence-corrected chi connectivity index (χ2v) is 11.8. The zero-order valence-electron chi connectivity index (χ0n) is 24.2. The Morgan fingerprint density at radius 2 is 1.72 bits per heavy atom. The van der Waals surface area contributed by atoms with Crippen LogP contribution in [0.3, 0.4) is 0 Å². The SMILES string of the molecule is CC(=O)N(/C=C/C=C/C=C/C1=[N+](CCCCSOOO)c2ccc3cc(SOOO)ccc3c2C1(C)C)c1ccccc1. The van der Waals surface area contributed by atoms with Crippen molar-refractivity contribution in [3.63, 3.8) is 0 Å². The van der Waals surface area contributed by atoms with Gasteiger partial charge in [0.2, 0.25) is 11.6 Å². The molecule has 43 heavy (non-hydrogen) atoms. The fourth-order valence-corrected chi connectivity index (χ4v) is 6.12. The van der Waals surface area contributed by atoms with Gasteiger partial charge in [0.25, 0.3) is 0 Å². The Morgan fingerprint density at radius 3 is 2.47 bits per heavy atom. The van der Waals surface area contributed by atoms with Crippen molar-refractivity contribution in [3.8, 4) is 0 Å². The highest BCUT2D eigenvalue weighted by Gasteiger charge is 2.45. The van der Waals surface area contributed by atoms with E-state index in [1.807, 2.05) is 66.8 Å². The van der Waals surface area contributed by atoms with Crippen LogP contribution in [0.4, 0.5) is 11.4 Å². The van der Waals surface area contributed by atoms with E-state index in [2.05, 4.69) is 61.4 Å². The molecule has 0 atom stereocenters. The average Bonchev–Trinajstić information content (AvgIpc) is 3.22.